The van der Waals surface area contributed by atoms with Crippen LogP contribution in [-0.4, -0.2) is 34.2 Å². The standard InChI is InChI=1S/C23H17BrO6/c1-11-7-13-18(15(25)8-11)22(28)19-14(21(13)27)9-17(20(24)23(19)29)30-10-16(26)12-5-3-2-4-6-12/h2-9,13,18,25,29H,10H2,1H3. The van der Waals surface area contributed by atoms with Crippen molar-refractivity contribution in [3.05, 3.63) is 81.0 Å². The Hall–Kier alpha value is -3.19. The van der Waals surface area contributed by atoms with Crippen LogP contribution in [0.25, 0.3) is 0 Å². The van der Waals surface area contributed by atoms with Gasteiger partial charge in [-0.2, -0.15) is 0 Å². The number of phenols is 1. The third-order valence-corrected chi connectivity index (χ3v) is 6.02. The van der Waals surface area contributed by atoms with Crippen LogP contribution in [0, 0.1) is 11.8 Å². The molecule has 0 aliphatic heterocycles. The van der Waals surface area contributed by atoms with E-state index in [2.05, 4.69) is 15.9 Å². The SMILES string of the molecule is CC1=CC2C(=O)c3cc(OCC(=O)c4ccccc4)c(Br)c(O)c3C(=O)C2C(O)=C1. The topological polar surface area (TPSA) is 101 Å². The Labute approximate surface area is 180 Å². The van der Waals surface area contributed by atoms with Crippen LogP contribution in [0.5, 0.6) is 11.5 Å². The van der Waals surface area contributed by atoms with Gasteiger partial charge in [-0.3, -0.25) is 14.4 Å². The smallest absolute Gasteiger partial charge is 0.200 e. The number of allylic oxidation sites excluding steroid dienone is 4. The van der Waals surface area contributed by atoms with E-state index in [0.717, 1.165) is 0 Å². The molecule has 0 amide bonds. The highest BCUT2D eigenvalue weighted by molar-refractivity contribution is 9.10. The van der Waals surface area contributed by atoms with Crippen molar-refractivity contribution in [3.63, 3.8) is 0 Å². The number of carbonyl (C=O) groups excluding carboxylic acids is 3. The Morgan fingerprint density at radius 3 is 2.53 bits per heavy atom. The first-order chi connectivity index (χ1) is 14.3. The second-order valence-corrected chi connectivity index (χ2v) is 8.04. The van der Waals surface area contributed by atoms with Crippen molar-refractivity contribution in [1.29, 1.82) is 0 Å². The molecule has 0 saturated carbocycles. The lowest BCUT2D eigenvalue weighted by molar-refractivity contribution is 0.0754. The van der Waals surface area contributed by atoms with Crippen molar-refractivity contribution in [2.75, 3.05) is 6.61 Å². The van der Waals surface area contributed by atoms with Crippen molar-refractivity contribution in [2.24, 2.45) is 11.8 Å². The van der Waals surface area contributed by atoms with Crippen molar-refractivity contribution in [3.8, 4) is 11.5 Å². The van der Waals surface area contributed by atoms with E-state index in [1.54, 1.807) is 43.3 Å². The molecule has 0 aromatic heterocycles. The highest BCUT2D eigenvalue weighted by Crippen LogP contribution is 2.46. The number of aliphatic hydroxyl groups is 1. The molecule has 0 radical (unpaired) electrons. The molecule has 7 heteroatoms. The molecular formula is C23H17BrO6. The molecule has 2 N–H and O–H groups in total. The molecule has 2 unspecified atom stereocenters. The zero-order valence-corrected chi connectivity index (χ0v) is 17.5. The van der Waals surface area contributed by atoms with Crippen LogP contribution in [0.3, 0.4) is 0 Å². The van der Waals surface area contributed by atoms with E-state index in [1.165, 1.54) is 12.1 Å². The first-order valence-electron chi connectivity index (χ1n) is 9.23. The number of rotatable bonds is 4. The van der Waals surface area contributed by atoms with Gasteiger partial charge in [0.15, 0.2) is 24.0 Å². The zero-order valence-electron chi connectivity index (χ0n) is 15.9. The lowest BCUT2D eigenvalue weighted by Gasteiger charge is -2.32. The van der Waals surface area contributed by atoms with E-state index in [4.69, 9.17) is 4.74 Å². The van der Waals surface area contributed by atoms with Crippen LogP contribution >= 0.6 is 15.9 Å². The zero-order chi connectivity index (χ0) is 21.6. The summed E-state index contributed by atoms with van der Waals surface area (Å²) < 4.78 is 5.63. The van der Waals surface area contributed by atoms with Gasteiger partial charge < -0.3 is 14.9 Å². The van der Waals surface area contributed by atoms with Gasteiger partial charge in [0.1, 0.15) is 21.7 Å². The van der Waals surface area contributed by atoms with Crippen LogP contribution in [0.4, 0.5) is 0 Å². The highest BCUT2D eigenvalue weighted by Gasteiger charge is 2.46. The molecule has 4 rings (SSSR count). The number of aliphatic hydroxyl groups excluding tert-OH is 1. The van der Waals surface area contributed by atoms with E-state index in [-0.39, 0.29) is 39.5 Å². The van der Waals surface area contributed by atoms with Crippen LogP contribution in [0.15, 0.2) is 64.4 Å². The van der Waals surface area contributed by atoms with Crippen LogP contribution in [0.1, 0.15) is 38.0 Å². The Balaban J connectivity index is 1.70. The number of benzene rings is 2. The second kappa shape index (κ2) is 7.57. The number of carbonyl (C=O) groups is 3. The van der Waals surface area contributed by atoms with Crippen molar-refractivity contribution < 1.29 is 29.3 Å². The number of ether oxygens (including phenoxy) is 1. The lowest BCUT2D eigenvalue weighted by Crippen LogP contribution is -2.38. The number of hydrogen-bond donors (Lipinski definition) is 2. The predicted octanol–water partition coefficient (Wildman–Crippen LogP) is 4.43. The largest absolute Gasteiger partial charge is 0.511 e. The maximum atomic E-state index is 13.1. The van der Waals surface area contributed by atoms with E-state index in [9.17, 15) is 24.6 Å². The third-order valence-electron chi connectivity index (χ3n) is 5.25. The molecule has 0 heterocycles. The summed E-state index contributed by atoms with van der Waals surface area (Å²) in [5, 5.41) is 20.9. The third kappa shape index (κ3) is 3.25. The number of hydrogen-bond acceptors (Lipinski definition) is 6. The first kappa shape index (κ1) is 20.1. The maximum Gasteiger partial charge on any atom is 0.200 e. The first-order valence-corrected chi connectivity index (χ1v) is 10.0. The van der Waals surface area contributed by atoms with Crippen molar-refractivity contribution >= 4 is 33.3 Å². The minimum absolute atomic E-state index is 0.00265. The van der Waals surface area contributed by atoms with Crippen LogP contribution in [-0.2, 0) is 0 Å². The molecule has 2 aliphatic carbocycles. The number of Topliss-reactive ketones (excluding diaryl/α,β-unsaturated/α-hetero) is 3. The van der Waals surface area contributed by atoms with Crippen LogP contribution < -0.4 is 4.74 Å². The fourth-order valence-electron chi connectivity index (χ4n) is 3.81. The second-order valence-electron chi connectivity index (χ2n) is 7.25. The molecule has 152 valence electrons. The van der Waals surface area contributed by atoms with Gasteiger partial charge in [0, 0.05) is 11.1 Å². The quantitative estimate of drug-likeness (QED) is 0.643. The summed E-state index contributed by atoms with van der Waals surface area (Å²) in [6.07, 6.45) is 3.07. The van der Waals surface area contributed by atoms with Gasteiger partial charge in [0.25, 0.3) is 0 Å². The molecule has 2 atom stereocenters. The summed E-state index contributed by atoms with van der Waals surface area (Å²) in [5.74, 6) is -3.71. The predicted molar refractivity (Wildman–Crippen MR) is 112 cm³/mol. The van der Waals surface area contributed by atoms with Gasteiger partial charge in [-0.25, -0.2) is 0 Å². The Bertz CT molecular complexity index is 1150. The molecule has 30 heavy (non-hydrogen) atoms. The summed E-state index contributed by atoms with van der Waals surface area (Å²) in [5.41, 5.74) is 0.977. The number of phenolic OH excluding ortho intramolecular Hbond substituents is 1. The molecule has 0 bridgehead atoms. The van der Waals surface area contributed by atoms with Gasteiger partial charge in [0.05, 0.1) is 17.4 Å². The molecule has 2 aliphatic rings. The van der Waals surface area contributed by atoms with Gasteiger partial charge in [0.2, 0.25) is 0 Å². The minimum atomic E-state index is -1.06. The molecule has 2 aromatic carbocycles. The van der Waals surface area contributed by atoms with Gasteiger partial charge in [-0.05, 0) is 35.0 Å². The van der Waals surface area contributed by atoms with Gasteiger partial charge in [-0.1, -0.05) is 42.0 Å². The Morgan fingerprint density at radius 2 is 1.83 bits per heavy atom. The molecule has 6 nitrogen and oxygen atoms in total. The van der Waals surface area contributed by atoms with E-state index in [0.29, 0.717) is 11.1 Å². The number of aromatic hydroxyl groups is 1. The van der Waals surface area contributed by atoms with Gasteiger partial charge in [-0.15, -0.1) is 0 Å². The number of ketones is 3. The summed E-state index contributed by atoms with van der Waals surface area (Å²) in [6.45, 7) is 1.42. The highest BCUT2D eigenvalue weighted by atomic mass is 79.9. The molecule has 2 aromatic rings. The van der Waals surface area contributed by atoms with E-state index in [1.807, 2.05) is 0 Å². The fourth-order valence-corrected chi connectivity index (χ4v) is 4.24. The average Bonchev–Trinajstić information content (AvgIpc) is 2.72. The number of fused-ring (bicyclic) bond motifs is 2. The van der Waals surface area contributed by atoms with Gasteiger partial charge >= 0.3 is 0 Å². The summed E-state index contributed by atoms with van der Waals surface area (Å²) in [7, 11) is 0. The average molecular weight is 469 g/mol. The van der Waals surface area contributed by atoms with Crippen LogP contribution in [0.2, 0.25) is 0 Å². The van der Waals surface area contributed by atoms with Crippen molar-refractivity contribution in [2.45, 2.75) is 6.92 Å². The van der Waals surface area contributed by atoms with E-state index >= 15 is 0 Å². The lowest BCUT2D eigenvalue weighted by atomic mass is 9.70. The Morgan fingerprint density at radius 1 is 1.13 bits per heavy atom. The fraction of sp³-hybridized carbons (Fsp3) is 0.174. The Kier molecular flexibility index (Phi) is 5.07. The van der Waals surface area contributed by atoms with E-state index < -0.39 is 29.2 Å². The monoisotopic (exact) mass is 468 g/mol. The molecular weight excluding hydrogens is 452 g/mol. The summed E-state index contributed by atoms with van der Waals surface area (Å²) in [6, 6.07) is 9.93. The maximum absolute atomic E-state index is 13.1. The summed E-state index contributed by atoms with van der Waals surface area (Å²) in [4.78, 5) is 38.4. The molecule has 0 saturated heterocycles. The minimum Gasteiger partial charge on any atom is -0.511 e. The molecule has 0 fully saturated rings. The summed E-state index contributed by atoms with van der Waals surface area (Å²) >= 11 is 3.19. The number of halogens is 1. The van der Waals surface area contributed by atoms with Crippen molar-refractivity contribution in [1.82, 2.24) is 0 Å². The normalized spacial score (nSPS) is 20.1. The molecule has 0 spiro atoms.